The van der Waals surface area contributed by atoms with E-state index in [2.05, 4.69) is 86.2 Å². The van der Waals surface area contributed by atoms with Crippen molar-refractivity contribution in [3.8, 4) is 33.6 Å². The molecule has 0 spiro atoms. The first-order chi connectivity index (χ1) is 28.5. The third kappa shape index (κ3) is 8.65. The number of nitrogens with zero attached hydrogens (tertiary/aromatic N) is 4. The van der Waals surface area contributed by atoms with Gasteiger partial charge in [0.05, 0.1) is 56.2 Å². The van der Waals surface area contributed by atoms with Crippen molar-refractivity contribution in [1.82, 2.24) is 40.4 Å². The van der Waals surface area contributed by atoms with Gasteiger partial charge < -0.3 is 44.6 Å². The standard InChI is InChI=1S/C44H52N8O7/c1-25(2)37(49-43(55)58-5)41(53)51-19-7-9-35(51)39-45-23-33(47-39)28-13-11-27(12-14-28)29-15-16-31-22-32(18-17-30(31)21-29)34-24-46-40(48-34)36-10-8-20-52(36)42(54)38(26(3)57-4)50-44(56)59-6/h11-18,21-26,35-38H,7-10,19-20H2,1-6H3,(H,45,47)(H,46,48)(H,49,55)(H,50,56)/t26-,35+,36+,37+,38+/m1/s1. The zero-order chi connectivity index (χ0) is 41.8. The molecule has 310 valence electrons. The van der Waals surface area contributed by atoms with E-state index in [1.54, 1.807) is 24.2 Å². The van der Waals surface area contributed by atoms with Gasteiger partial charge >= 0.3 is 12.2 Å². The minimum Gasteiger partial charge on any atom is -0.453 e. The van der Waals surface area contributed by atoms with Gasteiger partial charge in [0.15, 0.2) is 0 Å². The fraction of sp³-hybridized carbons (Fsp3) is 0.409. The van der Waals surface area contributed by atoms with Crippen LogP contribution in [0.2, 0.25) is 0 Å². The zero-order valence-corrected chi connectivity index (χ0v) is 34.3. The second-order valence-corrected chi connectivity index (χ2v) is 15.5. The molecule has 5 aromatic rings. The van der Waals surface area contributed by atoms with E-state index in [1.807, 2.05) is 18.7 Å². The molecule has 2 aliphatic heterocycles. The number of nitrogens with one attached hydrogen (secondary N) is 4. The highest BCUT2D eigenvalue weighted by Gasteiger charge is 2.39. The Kier molecular flexibility index (Phi) is 12.3. The summed E-state index contributed by atoms with van der Waals surface area (Å²) in [6.07, 6.45) is 4.92. The molecule has 4 N–H and O–H groups in total. The Hall–Kier alpha value is -6.22. The van der Waals surface area contributed by atoms with E-state index >= 15 is 0 Å². The Bertz CT molecular complexity index is 2300. The lowest BCUT2D eigenvalue weighted by molar-refractivity contribution is -0.137. The number of rotatable bonds is 12. The van der Waals surface area contributed by atoms with Crippen molar-refractivity contribution in [2.75, 3.05) is 34.4 Å². The predicted molar refractivity (Wildman–Crippen MR) is 222 cm³/mol. The van der Waals surface area contributed by atoms with Crippen LogP contribution in [0.4, 0.5) is 9.59 Å². The average Bonchev–Trinajstić information content (AvgIpc) is 4.10. The summed E-state index contributed by atoms with van der Waals surface area (Å²) >= 11 is 0. The molecule has 0 radical (unpaired) electrons. The molecule has 7 rings (SSSR count). The van der Waals surface area contributed by atoms with E-state index < -0.39 is 30.4 Å². The van der Waals surface area contributed by atoms with Gasteiger partial charge in [-0.25, -0.2) is 19.6 Å². The number of aromatic amines is 2. The molecule has 2 fully saturated rings. The van der Waals surface area contributed by atoms with Gasteiger partial charge in [0, 0.05) is 25.8 Å². The smallest absolute Gasteiger partial charge is 0.407 e. The molecule has 2 aromatic heterocycles. The van der Waals surface area contributed by atoms with Gasteiger partial charge in [0.1, 0.15) is 23.7 Å². The summed E-state index contributed by atoms with van der Waals surface area (Å²) in [5, 5.41) is 7.49. The molecular weight excluding hydrogens is 753 g/mol. The van der Waals surface area contributed by atoms with Gasteiger partial charge in [-0.2, -0.15) is 0 Å². The largest absolute Gasteiger partial charge is 0.453 e. The van der Waals surface area contributed by atoms with Crippen molar-refractivity contribution < 1.29 is 33.4 Å². The van der Waals surface area contributed by atoms with E-state index in [0.717, 1.165) is 75.9 Å². The minimum absolute atomic E-state index is 0.107. The molecule has 5 atom stereocenters. The first-order valence-corrected chi connectivity index (χ1v) is 20.1. The summed E-state index contributed by atoms with van der Waals surface area (Å²) in [5.41, 5.74) is 5.82. The van der Waals surface area contributed by atoms with Crippen LogP contribution in [0.5, 0.6) is 0 Å². The van der Waals surface area contributed by atoms with Crippen LogP contribution in [0.3, 0.4) is 0 Å². The van der Waals surface area contributed by atoms with Gasteiger partial charge in [-0.1, -0.05) is 62.4 Å². The molecule has 0 unspecified atom stereocenters. The maximum atomic E-state index is 13.7. The molecule has 4 heterocycles. The quantitative estimate of drug-likeness (QED) is 0.106. The van der Waals surface area contributed by atoms with E-state index in [1.165, 1.54) is 21.3 Å². The van der Waals surface area contributed by atoms with Crippen molar-refractivity contribution in [3.05, 3.63) is 84.7 Å². The highest BCUT2D eigenvalue weighted by atomic mass is 16.5. The van der Waals surface area contributed by atoms with Crippen molar-refractivity contribution in [2.45, 2.75) is 76.7 Å². The SMILES string of the molecule is COC(=O)N[C@H](C(=O)N1CCC[C@H]1c1ncc(-c2ccc(-c3ccc4cc(-c5cnc([C@@H]6CCCN6C(=O)[C@@H](NC(=O)OC)[C@@H](C)OC)[nH]5)ccc4c3)cc2)[nH]1)C(C)C. The molecule has 15 heteroatoms. The third-order valence-electron chi connectivity index (χ3n) is 11.5. The summed E-state index contributed by atoms with van der Waals surface area (Å²) in [4.78, 5) is 71.1. The highest BCUT2D eigenvalue weighted by Crippen LogP contribution is 2.35. The number of likely N-dealkylation sites (tertiary alicyclic amines) is 2. The number of imidazole rings is 2. The maximum Gasteiger partial charge on any atom is 0.407 e. The molecule has 2 saturated heterocycles. The van der Waals surface area contributed by atoms with Crippen LogP contribution >= 0.6 is 0 Å². The second kappa shape index (κ2) is 17.7. The van der Waals surface area contributed by atoms with Crippen molar-refractivity contribution in [3.63, 3.8) is 0 Å². The number of carbonyl (C=O) groups excluding carboxylic acids is 4. The zero-order valence-electron chi connectivity index (χ0n) is 34.3. The predicted octanol–water partition coefficient (Wildman–Crippen LogP) is 6.75. The Balaban J connectivity index is 1.03. The van der Waals surface area contributed by atoms with E-state index in [4.69, 9.17) is 19.2 Å². The number of methoxy groups -OCH3 is 3. The number of benzene rings is 3. The average molecular weight is 805 g/mol. The number of carbonyl (C=O) groups is 4. The Morgan fingerprint density at radius 2 is 1.10 bits per heavy atom. The molecule has 15 nitrogen and oxygen atoms in total. The van der Waals surface area contributed by atoms with Gasteiger partial charge in [-0.15, -0.1) is 0 Å². The third-order valence-corrected chi connectivity index (χ3v) is 11.5. The lowest BCUT2D eigenvalue weighted by Gasteiger charge is -2.30. The molecule has 3 aromatic carbocycles. The summed E-state index contributed by atoms with van der Waals surface area (Å²) in [6, 6.07) is 18.9. The number of alkyl carbamates (subject to hydrolysis) is 2. The molecule has 59 heavy (non-hydrogen) atoms. The van der Waals surface area contributed by atoms with Crippen molar-refractivity contribution >= 4 is 34.8 Å². The van der Waals surface area contributed by atoms with Crippen LogP contribution in [0.1, 0.15) is 70.2 Å². The van der Waals surface area contributed by atoms with E-state index in [9.17, 15) is 19.2 Å². The minimum atomic E-state index is -0.896. The lowest BCUT2D eigenvalue weighted by atomic mass is 9.98. The molecule has 0 aliphatic carbocycles. The normalized spacial score (nSPS) is 18.2. The van der Waals surface area contributed by atoms with Crippen LogP contribution in [0.15, 0.2) is 73.1 Å². The Labute approximate surface area is 343 Å². The van der Waals surface area contributed by atoms with Gasteiger partial charge in [-0.3, -0.25) is 9.59 Å². The fourth-order valence-corrected chi connectivity index (χ4v) is 8.13. The first-order valence-electron chi connectivity index (χ1n) is 20.1. The molecular formula is C44H52N8O7. The van der Waals surface area contributed by atoms with Gasteiger partial charge in [0.25, 0.3) is 0 Å². The molecule has 0 bridgehead atoms. The first kappa shape index (κ1) is 41.0. The number of ether oxygens (including phenoxy) is 3. The highest BCUT2D eigenvalue weighted by molar-refractivity contribution is 5.91. The Morgan fingerprint density at radius 1 is 0.644 bits per heavy atom. The maximum absolute atomic E-state index is 13.7. The summed E-state index contributed by atoms with van der Waals surface area (Å²) < 4.78 is 14.9. The number of H-pyrrole nitrogens is 2. The van der Waals surface area contributed by atoms with Crippen LogP contribution in [0.25, 0.3) is 44.4 Å². The van der Waals surface area contributed by atoms with E-state index in [-0.39, 0.29) is 29.8 Å². The number of aromatic nitrogens is 4. The van der Waals surface area contributed by atoms with Crippen molar-refractivity contribution in [1.29, 1.82) is 0 Å². The van der Waals surface area contributed by atoms with Crippen molar-refractivity contribution in [2.24, 2.45) is 5.92 Å². The van der Waals surface area contributed by atoms with Gasteiger partial charge in [-0.05, 0) is 78.1 Å². The number of fused-ring (bicyclic) bond motifs is 1. The topological polar surface area (TPSA) is 184 Å². The summed E-state index contributed by atoms with van der Waals surface area (Å²) in [5.74, 6) is 0.925. The molecule has 4 amide bonds. The monoisotopic (exact) mass is 804 g/mol. The summed E-state index contributed by atoms with van der Waals surface area (Å²) in [6.45, 7) is 6.68. The number of hydrogen-bond acceptors (Lipinski definition) is 9. The number of hydrogen-bond donors (Lipinski definition) is 4. The fourth-order valence-electron chi connectivity index (χ4n) is 8.13. The van der Waals surface area contributed by atoms with Gasteiger partial charge in [0.2, 0.25) is 11.8 Å². The van der Waals surface area contributed by atoms with Crippen LogP contribution in [0, 0.1) is 5.92 Å². The van der Waals surface area contributed by atoms with Crippen LogP contribution in [-0.4, -0.2) is 106 Å². The van der Waals surface area contributed by atoms with Crippen LogP contribution in [-0.2, 0) is 23.8 Å². The lowest BCUT2D eigenvalue weighted by Crippen LogP contribution is -2.54. The number of amides is 4. The Morgan fingerprint density at radius 3 is 1.63 bits per heavy atom. The molecule has 2 aliphatic rings. The van der Waals surface area contributed by atoms with E-state index in [0.29, 0.717) is 18.9 Å². The molecule has 0 saturated carbocycles. The second-order valence-electron chi connectivity index (χ2n) is 15.5. The van der Waals surface area contributed by atoms with Crippen LogP contribution < -0.4 is 10.6 Å². The summed E-state index contributed by atoms with van der Waals surface area (Å²) in [7, 11) is 4.05.